The number of hydrogen-bond donors (Lipinski definition) is 1. The monoisotopic (exact) mass is 324 g/mol. The normalized spacial score (nSPS) is 14.3. The molecule has 1 aromatic carbocycles. The summed E-state index contributed by atoms with van der Waals surface area (Å²) in [6.07, 6.45) is 1.63. The highest BCUT2D eigenvalue weighted by Crippen LogP contribution is 2.37. The number of carbonyl (C=O) groups excluding carboxylic acids is 1. The second kappa shape index (κ2) is 6.15. The molecule has 126 valence electrons. The molecular formula is C19H24N4O. The summed E-state index contributed by atoms with van der Waals surface area (Å²) in [5, 5.41) is 2.97. The van der Waals surface area contributed by atoms with Gasteiger partial charge in [-0.25, -0.2) is 4.98 Å². The van der Waals surface area contributed by atoms with Gasteiger partial charge in [-0.05, 0) is 45.0 Å². The predicted octanol–water partition coefficient (Wildman–Crippen LogP) is 3.39. The van der Waals surface area contributed by atoms with Crippen LogP contribution in [0.25, 0.3) is 0 Å². The van der Waals surface area contributed by atoms with Gasteiger partial charge in [0.1, 0.15) is 5.82 Å². The van der Waals surface area contributed by atoms with Crippen LogP contribution in [0.5, 0.6) is 0 Å². The fourth-order valence-corrected chi connectivity index (χ4v) is 3.09. The molecule has 0 saturated carbocycles. The Kier molecular flexibility index (Phi) is 4.18. The highest BCUT2D eigenvalue weighted by atomic mass is 16.2. The molecule has 0 spiro atoms. The largest absolute Gasteiger partial charge is 0.373 e. The lowest BCUT2D eigenvalue weighted by atomic mass is 10.0. The number of pyridine rings is 1. The van der Waals surface area contributed by atoms with E-state index in [0.29, 0.717) is 12.1 Å². The van der Waals surface area contributed by atoms with Gasteiger partial charge >= 0.3 is 0 Å². The van der Waals surface area contributed by atoms with Gasteiger partial charge in [0.15, 0.2) is 0 Å². The number of carbonyl (C=O) groups is 1. The van der Waals surface area contributed by atoms with Crippen molar-refractivity contribution in [2.45, 2.75) is 26.3 Å². The molecule has 1 amide bonds. The molecule has 0 atom stereocenters. The third-order valence-electron chi connectivity index (χ3n) is 4.33. The summed E-state index contributed by atoms with van der Waals surface area (Å²) >= 11 is 0. The Morgan fingerprint density at radius 3 is 2.38 bits per heavy atom. The molecule has 0 aliphatic carbocycles. The van der Waals surface area contributed by atoms with Gasteiger partial charge in [0, 0.05) is 31.9 Å². The first kappa shape index (κ1) is 16.3. The van der Waals surface area contributed by atoms with E-state index in [1.165, 1.54) is 0 Å². The zero-order valence-corrected chi connectivity index (χ0v) is 14.7. The molecule has 24 heavy (non-hydrogen) atoms. The Bertz CT molecular complexity index is 734. The van der Waals surface area contributed by atoms with Crippen molar-refractivity contribution in [2.75, 3.05) is 35.3 Å². The molecule has 5 heteroatoms. The summed E-state index contributed by atoms with van der Waals surface area (Å²) in [5.74, 6) is 0.746. The summed E-state index contributed by atoms with van der Waals surface area (Å²) in [6, 6.07) is 11.7. The number of benzene rings is 1. The van der Waals surface area contributed by atoms with Crippen LogP contribution in [0.2, 0.25) is 0 Å². The minimum Gasteiger partial charge on any atom is -0.373 e. The van der Waals surface area contributed by atoms with E-state index in [-0.39, 0.29) is 11.4 Å². The van der Waals surface area contributed by atoms with E-state index >= 15 is 0 Å². The summed E-state index contributed by atoms with van der Waals surface area (Å²) < 4.78 is 0. The molecule has 0 fully saturated rings. The van der Waals surface area contributed by atoms with Crippen LogP contribution in [0, 0.1) is 0 Å². The molecule has 1 aliphatic rings. The minimum absolute atomic E-state index is 0.00818. The lowest BCUT2D eigenvalue weighted by Crippen LogP contribution is -2.51. The topological polar surface area (TPSA) is 48.5 Å². The van der Waals surface area contributed by atoms with E-state index in [9.17, 15) is 4.79 Å². The Morgan fingerprint density at radius 2 is 1.79 bits per heavy atom. The maximum Gasteiger partial charge on any atom is 0.259 e. The molecule has 0 saturated heterocycles. The van der Waals surface area contributed by atoms with Gasteiger partial charge in [-0.15, -0.1) is 0 Å². The van der Waals surface area contributed by atoms with Crippen LogP contribution in [-0.4, -0.2) is 36.6 Å². The molecule has 2 aromatic rings. The van der Waals surface area contributed by atoms with E-state index in [0.717, 1.165) is 23.7 Å². The molecular weight excluding hydrogens is 300 g/mol. The van der Waals surface area contributed by atoms with Crippen LogP contribution in [-0.2, 0) is 0 Å². The Balaban J connectivity index is 1.95. The van der Waals surface area contributed by atoms with Crippen molar-refractivity contribution < 1.29 is 4.79 Å². The highest BCUT2D eigenvalue weighted by molar-refractivity contribution is 6.08. The Labute approximate surface area is 143 Å². The summed E-state index contributed by atoms with van der Waals surface area (Å²) in [5.41, 5.74) is 2.68. The number of nitrogens with one attached hydrogen (secondary N) is 1. The van der Waals surface area contributed by atoms with E-state index in [2.05, 4.69) is 42.0 Å². The standard InChI is InChI=1S/C19H24N4O/c1-19(2,3)23-12-11-22(15-7-5-6-8-16(15)23)18(24)14-9-10-17(20-4)21-13-14/h5-10,13H,11-12H2,1-4H3,(H,20,21). The van der Waals surface area contributed by atoms with Gasteiger partial charge in [-0.1, -0.05) is 12.1 Å². The minimum atomic E-state index is -0.00818. The van der Waals surface area contributed by atoms with Gasteiger partial charge in [0.05, 0.1) is 16.9 Å². The SMILES string of the molecule is CNc1ccc(C(=O)N2CCN(C(C)(C)C)c3ccccc32)cn1. The van der Waals surface area contributed by atoms with Crippen molar-refractivity contribution in [2.24, 2.45) is 0 Å². The molecule has 1 N–H and O–H groups in total. The lowest BCUT2D eigenvalue weighted by Gasteiger charge is -2.44. The highest BCUT2D eigenvalue weighted by Gasteiger charge is 2.32. The molecule has 2 heterocycles. The molecule has 1 aliphatic heterocycles. The maximum atomic E-state index is 13.0. The summed E-state index contributed by atoms with van der Waals surface area (Å²) in [6.45, 7) is 8.07. The van der Waals surface area contributed by atoms with Crippen LogP contribution in [0.3, 0.4) is 0 Å². The fourth-order valence-electron chi connectivity index (χ4n) is 3.09. The Hall–Kier alpha value is -2.56. The van der Waals surface area contributed by atoms with Crippen molar-refractivity contribution in [1.29, 1.82) is 0 Å². The van der Waals surface area contributed by atoms with Gasteiger partial charge in [-0.3, -0.25) is 4.79 Å². The number of hydrogen-bond acceptors (Lipinski definition) is 4. The molecule has 3 rings (SSSR count). The number of fused-ring (bicyclic) bond motifs is 1. The number of para-hydroxylation sites is 2. The van der Waals surface area contributed by atoms with E-state index in [1.807, 2.05) is 42.3 Å². The maximum absolute atomic E-state index is 13.0. The molecule has 1 aromatic heterocycles. The first-order valence-corrected chi connectivity index (χ1v) is 8.24. The Morgan fingerprint density at radius 1 is 1.08 bits per heavy atom. The predicted molar refractivity (Wildman–Crippen MR) is 99.0 cm³/mol. The molecule has 0 radical (unpaired) electrons. The van der Waals surface area contributed by atoms with E-state index in [4.69, 9.17) is 0 Å². The van der Waals surface area contributed by atoms with Crippen LogP contribution in [0.1, 0.15) is 31.1 Å². The van der Waals surface area contributed by atoms with Gasteiger partial charge < -0.3 is 15.1 Å². The molecule has 5 nitrogen and oxygen atoms in total. The van der Waals surface area contributed by atoms with Crippen molar-refractivity contribution >= 4 is 23.1 Å². The third kappa shape index (κ3) is 2.94. The van der Waals surface area contributed by atoms with E-state index < -0.39 is 0 Å². The quantitative estimate of drug-likeness (QED) is 0.920. The zero-order valence-electron chi connectivity index (χ0n) is 14.7. The third-order valence-corrected chi connectivity index (χ3v) is 4.33. The molecule has 0 bridgehead atoms. The van der Waals surface area contributed by atoms with Crippen LogP contribution >= 0.6 is 0 Å². The smallest absolute Gasteiger partial charge is 0.259 e. The van der Waals surface area contributed by atoms with Gasteiger partial charge in [-0.2, -0.15) is 0 Å². The first-order chi connectivity index (χ1) is 11.4. The van der Waals surface area contributed by atoms with Crippen LogP contribution in [0.4, 0.5) is 17.2 Å². The van der Waals surface area contributed by atoms with Crippen molar-refractivity contribution in [1.82, 2.24) is 4.98 Å². The van der Waals surface area contributed by atoms with Crippen molar-refractivity contribution in [3.05, 3.63) is 48.2 Å². The van der Waals surface area contributed by atoms with Crippen molar-refractivity contribution in [3.63, 3.8) is 0 Å². The number of amides is 1. The lowest BCUT2D eigenvalue weighted by molar-refractivity contribution is 0.0985. The van der Waals surface area contributed by atoms with Gasteiger partial charge in [0.2, 0.25) is 0 Å². The number of aromatic nitrogens is 1. The second-order valence-corrected chi connectivity index (χ2v) is 6.95. The number of nitrogens with zero attached hydrogens (tertiary/aromatic N) is 3. The molecule has 0 unspecified atom stereocenters. The number of rotatable bonds is 2. The first-order valence-electron chi connectivity index (χ1n) is 8.24. The average molecular weight is 324 g/mol. The van der Waals surface area contributed by atoms with Gasteiger partial charge in [0.25, 0.3) is 5.91 Å². The summed E-state index contributed by atoms with van der Waals surface area (Å²) in [4.78, 5) is 21.4. The summed E-state index contributed by atoms with van der Waals surface area (Å²) in [7, 11) is 1.81. The fraction of sp³-hybridized carbons (Fsp3) is 0.368. The van der Waals surface area contributed by atoms with Crippen LogP contribution in [0.15, 0.2) is 42.6 Å². The average Bonchev–Trinajstić information content (AvgIpc) is 2.59. The van der Waals surface area contributed by atoms with E-state index in [1.54, 1.807) is 6.20 Å². The van der Waals surface area contributed by atoms with Crippen molar-refractivity contribution in [3.8, 4) is 0 Å². The zero-order chi connectivity index (χ0) is 17.3. The second-order valence-electron chi connectivity index (χ2n) is 6.95. The van der Waals surface area contributed by atoms with Crippen LogP contribution < -0.4 is 15.1 Å². The number of anilines is 3.